The second-order valence-corrected chi connectivity index (χ2v) is 2.49. The molecule has 0 aromatic rings. The minimum Gasteiger partial charge on any atom is -0.358 e. The molecule has 3 heteroatoms. The first-order valence-electron chi connectivity index (χ1n) is 3.64. The van der Waals surface area contributed by atoms with Crippen LogP contribution >= 0.6 is 0 Å². The molecule has 0 aliphatic rings. The summed E-state index contributed by atoms with van der Waals surface area (Å²) in [5.74, 6) is 1.70. The normalized spacial score (nSPS) is 6.00. The van der Waals surface area contributed by atoms with E-state index in [2.05, 4.69) is 27.7 Å². The Morgan fingerprint density at radius 2 is 0.667 bits per heavy atom. The minimum atomic E-state index is 0. The van der Waals surface area contributed by atoms with Crippen LogP contribution in [0.5, 0.6) is 0 Å². The second kappa shape index (κ2) is 29.2. The van der Waals surface area contributed by atoms with Crippen LogP contribution in [0.15, 0.2) is 0 Å². The van der Waals surface area contributed by atoms with E-state index >= 15 is 0 Å². The fourth-order valence-corrected chi connectivity index (χ4v) is 0. The van der Waals surface area contributed by atoms with Gasteiger partial charge in [-0.25, -0.2) is 0 Å². The fraction of sp³-hybridized carbons (Fsp3) is 0.889. The molecule has 0 spiro atoms. The summed E-state index contributed by atoms with van der Waals surface area (Å²) in [4.78, 5) is 0. The molecule has 0 N–H and O–H groups in total. The summed E-state index contributed by atoms with van der Waals surface area (Å²) in [6.07, 6.45) is 0. The molecule has 0 aromatic carbocycles. The van der Waals surface area contributed by atoms with Gasteiger partial charge in [-0.2, -0.15) is 0 Å². The van der Waals surface area contributed by atoms with Gasteiger partial charge in [0.05, 0.1) is 0 Å². The molecule has 0 aromatic heterocycles. The van der Waals surface area contributed by atoms with Gasteiger partial charge in [-0.15, -0.1) is 0 Å². The van der Waals surface area contributed by atoms with Crippen LogP contribution in [0.4, 0.5) is 0 Å². The predicted molar refractivity (Wildman–Crippen MR) is 47.4 cm³/mol. The Morgan fingerprint density at radius 1 is 0.583 bits per heavy atom. The molecule has 0 rings (SSSR count). The van der Waals surface area contributed by atoms with Gasteiger partial charge in [0.25, 0.3) is 0 Å². The van der Waals surface area contributed by atoms with Crippen LogP contribution in [0.3, 0.4) is 0 Å². The zero-order valence-corrected chi connectivity index (χ0v) is 18.4. The molecule has 0 heterocycles. The standard InChI is InChI=1S/C6H14.C2H6.CH3.3Y/c1-5(2)6(3)4;1-2;;;;/h5-6H,1-4H3;1-2H3;1H3;;;/q;;-1;;;. The van der Waals surface area contributed by atoms with Crippen molar-refractivity contribution >= 4 is 0 Å². The Kier molecular flexibility index (Phi) is 88.2. The summed E-state index contributed by atoms with van der Waals surface area (Å²) in [6, 6.07) is 0. The largest absolute Gasteiger partial charge is 0.358 e. The molecular weight excluding hydrogens is 375 g/mol. The van der Waals surface area contributed by atoms with E-state index in [0.717, 1.165) is 11.8 Å². The van der Waals surface area contributed by atoms with Gasteiger partial charge < -0.3 is 7.43 Å². The summed E-state index contributed by atoms with van der Waals surface area (Å²) in [5.41, 5.74) is 0. The monoisotopic (exact) mass is 398 g/mol. The Bertz CT molecular complexity index is 30.8. The Balaban J connectivity index is -0.0000000140. The van der Waals surface area contributed by atoms with Gasteiger partial charge >= 0.3 is 0 Å². The van der Waals surface area contributed by atoms with Crippen molar-refractivity contribution in [1.29, 1.82) is 0 Å². The van der Waals surface area contributed by atoms with Crippen molar-refractivity contribution in [2.45, 2.75) is 41.5 Å². The number of hydrogen-bond acceptors (Lipinski definition) is 0. The zero-order chi connectivity index (χ0) is 7.15. The first kappa shape index (κ1) is 36.2. The van der Waals surface area contributed by atoms with E-state index in [1.165, 1.54) is 0 Å². The van der Waals surface area contributed by atoms with Crippen molar-refractivity contribution in [2.75, 3.05) is 0 Å². The van der Waals surface area contributed by atoms with Crippen LogP contribution in [-0.2, 0) is 98.1 Å². The van der Waals surface area contributed by atoms with Gasteiger partial charge in [0, 0.05) is 98.1 Å². The van der Waals surface area contributed by atoms with Gasteiger partial charge in [0.15, 0.2) is 0 Å². The molecule has 0 fully saturated rings. The summed E-state index contributed by atoms with van der Waals surface area (Å²) < 4.78 is 0. The van der Waals surface area contributed by atoms with E-state index in [4.69, 9.17) is 0 Å². The minimum absolute atomic E-state index is 0. The topological polar surface area (TPSA) is 0 Å². The SMILES string of the molecule is CC.CC(C)C(C)C.[CH3-].[Y].[Y].[Y]. The first-order valence-corrected chi connectivity index (χ1v) is 3.64. The van der Waals surface area contributed by atoms with Crippen molar-refractivity contribution in [2.24, 2.45) is 11.8 Å². The van der Waals surface area contributed by atoms with Gasteiger partial charge in [-0.1, -0.05) is 41.5 Å². The van der Waals surface area contributed by atoms with Crippen molar-refractivity contribution < 1.29 is 98.1 Å². The van der Waals surface area contributed by atoms with Gasteiger partial charge in [-0.3, -0.25) is 0 Å². The molecule has 0 bridgehead atoms. The maximum atomic E-state index is 2.24. The van der Waals surface area contributed by atoms with E-state index in [1.807, 2.05) is 13.8 Å². The van der Waals surface area contributed by atoms with E-state index in [1.54, 1.807) is 0 Å². The molecular formula is C9H23Y3-. The maximum Gasteiger partial charge on any atom is 0 e. The molecule has 0 nitrogen and oxygen atoms in total. The van der Waals surface area contributed by atoms with Crippen LogP contribution in [0.1, 0.15) is 41.5 Å². The molecule has 0 atom stereocenters. The van der Waals surface area contributed by atoms with Crippen LogP contribution in [0, 0.1) is 19.3 Å². The van der Waals surface area contributed by atoms with E-state index in [9.17, 15) is 0 Å². The molecule has 0 saturated carbocycles. The van der Waals surface area contributed by atoms with Crippen molar-refractivity contribution in [3.63, 3.8) is 0 Å². The quantitative estimate of drug-likeness (QED) is 0.591. The maximum absolute atomic E-state index is 2.24. The van der Waals surface area contributed by atoms with E-state index in [-0.39, 0.29) is 106 Å². The van der Waals surface area contributed by atoms with Crippen molar-refractivity contribution in [3.8, 4) is 0 Å². The van der Waals surface area contributed by atoms with Crippen molar-refractivity contribution in [1.82, 2.24) is 0 Å². The van der Waals surface area contributed by atoms with Crippen LogP contribution < -0.4 is 0 Å². The molecule has 69 valence electrons. The number of hydrogen-bond donors (Lipinski definition) is 0. The third-order valence-corrected chi connectivity index (χ3v) is 1.33. The second-order valence-electron chi connectivity index (χ2n) is 2.49. The Morgan fingerprint density at radius 3 is 0.667 bits per heavy atom. The van der Waals surface area contributed by atoms with Gasteiger partial charge in [0.1, 0.15) is 0 Å². The third-order valence-electron chi connectivity index (χ3n) is 1.33. The summed E-state index contributed by atoms with van der Waals surface area (Å²) in [5, 5.41) is 0. The van der Waals surface area contributed by atoms with Gasteiger partial charge in [-0.05, 0) is 11.8 Å². The van der Waals surface area contributed by atoms with Gasteiger partial charge in [0.2, 0.25) is 0 Å². The Hall–Kier alpha value is 3.31. The molecule has 12 heavy (non-hydrogen) atoms. The first-order chi connectivity index (χ1) is 3.64. The molecule has 0 saturated heterocycles. The smallest absolute Gasteiger partial charge is 0 e. The average molecular weight is 398 g/mol. The van der Waals surface area contributed by atoms with Crippen LogP contribution in [-0.4, -0.2) is 0 Å². The molecule has 3 radical (unpaired) electrons. The summed E-state index contributed by atoms with van der Waals surface area (Å²) in [7, 11) is 0. The average Bonchev–Trinajstić information content (AvgIpc) is 1.72. The molecule has 0 amide bonds. The summed E-state index contributed by atoms with van der Waals surface area (Å²) in [6.45, 7) is 13.0. The summed E-state index contributed by atoms with van der Waals surface area (Å²) >= 11 is 0. The molecule has 0 aliphatic carbocycles. The zero-order valence-electron chi connectivity index (χ0n) is 9.89. The Labute approximate surface area is 156 Å². The van der Waals surface area contributed by atoms with Crippen LogP contribution in [0.2, 0.25) is 0 Å². The number of rotatable bonds is 1. The molecule has 0 unspecified atom stereocenters. The van der Waals surface area contributed by atoms with E-state index in [0.29, 0.717) is 0 Å². The fourth-order valence-electron chi connectivity index (χ4n) is 0. The van der Waals surface area contributed by atoms with E-state index < -0.39 is 0 Å². The third kappa shape index (κ3) is 37.7. The van der Waals surface area contributed by atoms with Crippen molar-refractivity contribution in [3.05, 3.63) is 7.43 Å². The van der Waals surface area contributed by atoms with Crippen LogP contribution in [0.25, 0.3) is 0 Å². The predicted octanol–water partition coefficient (Wildman–Crippen LogP) is 3.77. The molecule has 0 aliphatic heterocycles.